The number of carbonyl (C=O) groups is 1. The van der Waals surface area contributed by atoms with Crippen LogP contribution in [0.3, 0.4) is 0 Å². The van der Waals surface area contributed by atoms with Crippen molar-refractivity contribution in [3.05, 3.63) is 88.0 Å². The number of hydrogen-bond donors (Lipinski definition) is 1. The van der Waals surface area contributed by atoms with E-state index in [1.54, 1.807) is 61.7 Å². The molecule has 3 aromatic carbocycles. The summed E-state index contributed by atoms with van der Waals surface area (Å²) >= 11 is 2.19. The Morgan fingerprint density at radius 1 is 1.00 bits per heavy atom. The molecule has 1 atom stereocenters. The summed E-state index contributed by atoms with van der Waals surface area (Å²) in [5.41, 5.74) is 1.35. The van der Waals surface area contributed by atoms with Crippen molar-refractivity contribution in [2.45, 2.75) is 17.4 Å². The molecule has 1 amide bonds. The number of carbonyl (C=O) groups excluding carboxylic acids is 1. The first kappa shape index (κ1) is 23.2. The molecule has 0 spiro atoms. The molecule has 3 aromatic rings. The van der Waals surface area contributed by atoms with Gasteiger partial charge in [0.1, 0.15) is 5.75 Å². The van der Waals surface area contributed by atoms with Crippen molar-refractivity contribution in [1.82, 2.24) is 4.31 Å². The van der Waals surface area contributed by atoms with E-state index in [-0.39, 0.29) is 17.2 Å². The Kier molecular flexibility index (Phi) is 7.69. The minimum Gasteiger partial charge on any atom is -0.497 e. The largest absolute Gasteiger partial charge is 0.497 e. The fraction of sp³-hybridized carbons (Fsp3) is 0.174. The zero-order chi connectivity index (χ0) is 22.4. The van der Waals surface area contributed by atoms with Gasteiger partial charge in [0.2, 0.25) is 15.9 Å². The minimum absolute atomic E-state index is 0.0408. The van der Waals surface area contributed by atoms with Crippen molar-refractivity contribution in [3.8, 4) is 5.75 Å². The number of halogens is 1. The van der Waals surface area contributed by atoms with Crippen molar-refractivity contribution < 1.29 is 17.9 Å². The zero-order valence-electron chi connectivity index (χ0n) is 17.2. The quantitative estimate of drug-likeness (QED) is 0.413. The van der Waals surface area contributed by atoms with Crippen LogP contribution in [0.15, 0.2) is 83.8 Å². The molecule has 0 aliphatic heterocycles. The molecule has 31 heavy (non-hydrogen) atoms. The standard InChI is InChI=1S/C23H23IN2O4S/c1-26(31(28,29)21-6-4-3-5-7-21)22(17-8-14-20(30-2)15-9-17)16-23(27)25-19-12-10-18(24)11-13-19/h3-15,22H,16H2,1-2H3,(H,25,27)/t22-/m1/s1. The molecule has 0 saturated carbocycles. The number of nitrogens with one attached hydrogen (secondary N) is 1. The van der Waals surface area contributed by atoms with E-state index in [1.807, 2.05) is 24.3 Å². The lowest BCUT2D eigenvalue weighted by Crippen LogP contribution is -2.33. The molecule has 162 valence electrons. The molecule has 0 bridgehead atoms. The van der Waals surface area contributed by atoms with Crippen molar-refractivity contribution in [1.29, 1.82) is 0 Å². The van der Waals surface area contributed by atoms with Crippen molar-refractivity contribution in [3.63, 3.8) is 0 Å². The molecule has 8 heteroatoms. The number of ether oxygens (including phenoxy) is 1. The van der Waals surface area contributed by atoms with Gasteiger partial charge in [-0.3, -0.25) is 4.79 Å². The summed E-state index contributed by atoms with van der Waals surface area (Å²) in [7, 11) is -0.747. The number of rotatable bonds is 8. The predicted octanol–water partition coefficient (Wildman–Crippen LogP) is 4.69. The topological polar surface area (TPSA) is 75.7 Å². The number of sulfonamides is 1. The normalized spacial score (nSPS) is 12.4. The second kappa shape index (κ2) is 10.3. The second-order valence-corrected chi connectivity index (χ2v) is 10.1. The monoisotopic (exact) mass is 550 g/mol. The Balaban J connectivity index is 1.90. The molecule has 0 aliphatic rings. The van der Waals surface area contributed by atoms with E-state index in [9.17, 15) is 13.2 Å². The maximum Gasteiger partial charge on any atom is 0.243 e. The average Bonchev–Trinajstić information content (AvgIpc) is 2.79. The Morgan fingerprint density at radius 3 is 2.19 bits per heavy atom. The van der Waals surface area contributed by atoms with E-state index in [1.165, 1.54) is 11.4 Å². The lowest BCUT2D eigenvalue weighted by atomic mass is 10.0. The van der Waals surface area contributed by atoms with E-state index >= 15 is 0 Å². The molecule has 0 fully saturated rings. The molecule has 0 aromatic heterocycles. The van der Waals surface area contributed by atoms with Gasteiger partial charge >= 0.3 is 0 Å². The third-order valence-corrected chi connectivity index (χ3v) is 7.47. The first-order valence-electron chi connectivity index (χ1n) is 9.53. The van der Waals surface area contributed by atoms with Gasteiger partial charge in [-0.2, -0.15) is 4.31 Å². The molecule has 6 nitrogen and oxygen atoms in total. The minimum atomic E-state index is -3.81. The Bertz CT molecular complexity index is 1120. The molecule has 1 N–H and O–H groups in total. The van der Waals surface area contributed by atoms with Gasteiger partial charge in [-0.05, 0) is 76.7 Å². The van der Waals surface area contributed by atoms with E-state index < -0.39 is 16.1 Å². The van der Waals surface area contributed by atoms with E-state index in [0.29, 0.717) is 17.0 Å². The highest BCUT2D eigenvalue weighted by Crippen LogP contribution is 2.30. The molecule has 0 aliphatic carbocycles. The van der Waals surface area contributed by atoms with Gasteiger partial charge in [0.15, 0.2) is 0 Å². The van der Waals surface area contributed by atoms with Crippen LogP contribution in [-0.2, 0) is 14.8 Å². The Hall–Kier alpha value is -2.43. The fourth-order valence-electron chi connectivity index (χ4n) is 3.13. The van der Waals surface area contributed by atoms with Crippen LogP contribution in [0.4, 0.5) is 5.69 Å². The van der Waals surface area contributed by atoms with Crippen molar-refractivity contribution in [2.24, 2.45) is 0 Å². The van der Waals surface area contributed by atoms with Crippen molar-refractivity contribution >= 4 is 44.2 Å². The summed E-state index contributed by atoms with van der Waals surface area (Å²) < 4.78 is 33.9. The van der Waals surface area contributed by atoms with Gasteiger partial charge in [-0.25, -0.2) is 8.42 Å². The first-order valence-corrected chi connectivity index (χ1v) is 12.1. The highest BCUT2D eigenvalue weighted by Gasteiger charge is 2.30. The van der Waals surface area contributed by atoms with Crippen molar-refractivity contribution in [2.75, 3.05) is 19.5 Å². The second-order valence-electron chi connectivity index (χ2n) is 6.88. The van der Waals surface area contributed by atoms with Crippen LogP contribution in [0.5, 0.6) is 5.75 Å². The maximum absolute atomic E-state index is 13.2. The maximum atomic E-state index is 13.2. The molecule has 0 heterocycles. The third kappa shape index (κ3) is 5.84. The molecule has 3 rings (SSSR count). The summed E-state index contributed by atoms with van der Waals surface area (Å²) in [6.07, 6.45) is -0.0408. The van der Waals surface area contributed by atoms with Gasteiger partial charge in [0.25, 0.3) is 0 Å². The number of benzene rings is 3. The summed E-state index contributed by atoms with van der Waals surface area (Å²) in [4.78, 5) is 13.0. The van der Waals surface area contributed by atoms with Crippen LogP contribution in [-0.4, -0.2) is 32.8 Å². The number of hydrogen-bond acceptors (Lipinski definition) is 4. The molecular formula is C23H23IN2O4S. The number of amides is 1. The zero-order valence-corrected chi connectivity index (χ0v) is 20.1. The van der Waals surface area contributed by atoms with E-state index in [4.69, 9.17) is 4.74 Å². The van der Waals surface area contributed by atoms with E-state index in [2.05, 4.69) is 27.9 Å². The number of nitrogens with zero attached hydrogens (tertiary/aromatic N) is 1. The van der Waals surface area contributed by atoms with Gasteiger partial charge in [-0.15, -0.1) is 0 Å². The average molecular weight is 550 g/mol. The summed E-state index contributed by atoms with van der Waals surface area (Å²) in [5, 5.41) is 2.85. The van der Waals surface area contributed by atoms with Crippen LogP contribution in [0.1, 0.15) is 18.0 Å². The Morgan fingerprint density at radius 2 is 1.61 bits per heavy atom. The third-order valence-electron chi connectivity index (χ3n) is 4.87. The number of anilines is 1. The lowest BCUT2D eigenvalue weighted by molar-refractivity contribution is -0.117. The summed E-state index contributed by atoms with van der Waals surface area (Å²) in [6.45, 7) is 0. The molecule has 0 saturated heterocycles. The summed E-state index contributed by atoms with van der Waals surface area (Å²) in [6, 6.07) is 22.0. The van der Waals surface area contributed by atoms with Crippen LogP contribution < -0.4 is 10.1 Å². The Labute approximate surface area is 196 Å². The fourth-order valence-corrected chi connectivity index (χ4v) is 4.85. The number of methoxy groups -OCH3 is 1. The highest BCUT2D eigenvalue weighted by molar-refractivity contribution is 14.1. The van der Waals surface area contributed by atoms with Gasteiger partial charge < -0.3 is 10.1 Å². The summed E-state index contributed by atoms with van der Waals surface area (Å²) in [5.74, 6) is 0.372. The molecular weight excluding hydrogens is 527 g/mol. The van der Waals surface area contributed by atoms with Crippen LogP contribution in [0.2, 0.25) is 0 Å². The van der Waals surface area contributed by atoms with Gasteiger partial charge in [-0.1, -0.05) is 30.3 Å². The SMILES string of the molecule is COc1ccc([C@@H](CC(=O)Nc2ccc(I)cc2)N(C)S(=O)(=O)c2ccccc2)cc1. The molecule has 0 unspecified atom stereocenters. The van der Waals surface area contributed by atoms with Crippen LogP contribution in [0, 0.1) is 3.57 Å². The molecule has 0 radical (unpaired) electrons. The predicted molar refractivity (Wildman–Crippen MR) is 130 cm³/mol. The smallest absolute Gasteiger partial charge is 0.243 e. The highest BCUT2D eigenvalue weighted by atomic mass is 127. The lowest BCUT2D eigenvalue weighted by Gasteiger charge is -2.28. The van der Waals surface area contributed by atoms with Gasteiger partial charge in [0.05, 0.1) is 18.0 Å². The van der Waals surface area contributed by atoms with E-state index in [0.717, 1.165) is 3.57 Å². The van der Waals surface area contributed by atoms with Crippen LogP contribution >= 0.6 is 22.6 Å². The van der Waals surface area contributed by atoms with Gasteiger partial charge in [0, 0.05) is 22.7 Å². The first-order chi connectivity index (χ1) is 14.8. The van der Waals surface area contributed by atoms with Crippen LogP contribution in [0.25, 0.3) is 0 Å².